The highest BCUT2D eigenvalue weighted by atomic mass is 16.6. The molecule has 0 aromatic heterocycles. The van der Waals surface area contributed by atoms with E-state index in [0.29, 0.717) is 5.56 Å². The highest BCUT2D eigenvalue weighted by molar-refractivity contribution is 6.00. The first-order valence-corrected chi connectivity index (χ1v) is 8.26. The highest BCUT2D eigenvalue weighted by Crippen LogP contribution is 2.17. The molecule has 0 heterocycles. The molecule has 0 bridgehead atoms. The zero-order valence-corrected chi connectivity index (χ0v) is 14.7. The van der Waals surface area contributed by atoms with Crippen LogP contribution in [0.1, 0.15) is 40.1 Å². The van der Waals surface area contributed by atoms with Crippen molar-refractivity contribution in [2.75, 3.05) is 6.61 Å². The number of hydrogen-bond acceptors (Lipinski definition) is 5. The van der Waals surface area contributed by atoms with Crippen LogP contribution in [0.25, 0.3) is 0 Å². The lowest BCUT2D eigenvalue weighted by molar-refractivity contribution is -0.148. The molecule has 0 aliphatic carbocycles. The Hall–Kier alpha value is -3.15. The summed E-state index contributed by atoms with van der Waals surface area (Å²) in [4.78, 5) is 35.6. The van der Waals surface area contributed by atoms with Gasteiger partial charge < -0.3 is 15.2 Å². The van der Waals surface area contributed by atoms with Crippen molar-refractivity contribution < 1.29 is 23.9 Å². The van der Waals surface area contributed by atoms with Gasteiger partial charge in [0.25, 0.3) is 5.91 Å². The van der Waals surface area contributed by atoms with Gasteiger partial charge in [-0.25, -0.2) is 4.79 Å². The predicted molar refractivity (Wildman–Crippen MR) is 96.2 cm³/mol. The molecule has 2 aromatic rings. The van der Waals surface area contributed by atoms with Gasteiger partial charge in [0.1, 0.15) is 5.75 Å². The number of amides is 1. The van der Waals surface area contributed by atoms with Gasteiger partial charge in [-0.1, -0.05) is 43.3 Å². The first-order valence-electron chi connectivity index (χ1n) is 8.26. The van der Waals surface area contributed by atoms with Gasteiger partial charge in [-0.05, 0) is 31.0 Å². The zero-order chi connectivity index (χ0) is 19.1. The van der Waals surface area contributed by atoms with Gasteiger partial charge in [0.05, 0.1) is 5.56 Å². The Labute approximate surface area is 151 Å². The third-order valence-corrected chi connectivity index (χ3v) is 3.82. The van der Waals surface area contributed by atoms with E-state index in [1.54, 1.807) is 24.3 Å². The standard InChI is InChI=1S/C20H21NO5/c1-3-14-8-10-15(11-9-14)19(23)13(2)26-18(22)12-25-17-7-5-4-6-16(17)20(21)24/h4-11,13H,3,12H2,1-2H3,(H2,21,24)/t13-/m1/s1. The van der Waals surface area contributed by atoms with Crippen LogP contribution >= 0.6 is 0 Å². The van der Waals surface area contributed by atoms with Crippen molar-refractivity contribution in [3.63, 3.8) is 0 Å². The Morgan fingerprint density at radius 1 is 1.04 bits per heavy atom. The molecule has 0 saturated carbocycles. The van der Waals surface area contributed by atoms with Crippen LogP contribution in [-0.2, 0) is 16.0 Å². The number of hydrogen-bond donors (Lipinski definition) is 1. The number of ether oxygens (including phenoxy) is 2. The number of ketones is 1. The number of primary amides is 1. The van der Waals surface area contributed by atoms with E-state index in [1.807, 2.05) is 19.1 Å². The summed E-state index contributed by atoms with van der Waals surface area (Å²) in [7, 11) is 0. The first-order chi connectivity index (χ1) is 12.4. The molecule has 0 spiro atoms. The molecule has 26 heavy (non-hydrogen) atoms. The monoisotopic (exact) mass is 355 g/mol. The number of esters is 1. The van der Waals surface area contributed by atoms with Crippen LogP contribution in [0.3, 0.4) is 0 Å². The fourth-order valence-corrected chi connectivity index (χ4v) is 2.36. The minimum atomic E-state index is -0.940. The van der Waals surface area contributed by atoms with Crippen LogP contribution in [0.2, 0.25) is 0 Å². The summed E-state index contributed by atoms with van der Waals surface area (Å²) in [5.41, 5.74) is 7.01. The Morgan fingerprint density at radius 2 is 1.69 bits per heavy atom. The summed E-state index contributed by atoms with van der Waals surface area (Å²) in [6.45, 7) is 3.10. The van der Waals surface area contributed by atoms with Crippen molar-refractivity contribution in [3.05, 3.63) is 65.2 Å². The summed E-state index contributed by atoms with van der Waals surface area (Å²) in [5.74, 6) is -1.48. The second kappa shape index (κ2) is 8.80. The van der Waals surface area contributed by atoms with Crippen LogP contribution < -0.4 is 10.5 Å². The average Bonchev–Trinajstić information content (AvgIpc) is 2.66. The second-order valence-corrected chi connectivity index (χ2v) is 5.70. The topological polar surface area (TPSA) is 95.7 Å². The maximum atomic E-state index is 12.3. The third kappa shape index (κ3) is 4.92. The molecule has 0 radical (unpaired) electrons. The van der Waals surface area contributed by atoms with Gasteiger partial charge in [-0.2, -0.15) is 0 Å². The van der Waals surface area contributed by atoms with Gasteiger partial charge in [-0.3, -0.25) is 9.59 Å². The molecule has 0 aliphatic heterocycles. The maximum Gasteiger partial charge on any atom is 0.344 e. The predicted octanol–water partition coefficient (Wildman–Crippen LogP) is 2.54. The Kier molecular flexibility index (Phi) is 6.49. The Bertz CT molecular complexity index is 798. The van der Waals surface area contributed by atoms with Gasteiger partial charge in [-0.15, -0.1) is 0 Å². The minimum absolute atomic E-state index is 0.167. The molecule has 6 nitrogen and oxygen atoms in total. The molecule has 2 N–H and O–H groups in total. The van der Waals surface area contributed by atoms with E-state index in [2.05, 4.69) is 0 Å². The number of nitrogens with two attached hydrogens (primary N) is 1. The van der Waals surface area contributed by atoms with Crippen molar-refractivity contribution in [2.45, 2.75) is 26.4 Å². The number of benzene rings is 2. The minimum Gasteiger partial charge on any atom is -0.481 e. The van der Waals surface area contributed by atoms with E-state index in [1.165, 1.54) is 19.1 Å². The number of aryl methyl sites for hydroxylation is 1. The molecule has 6 heteroatoms. The highest BCUT2D eigenvalue weighted by Gasteiger charge is 2.20. The zero-order valence-electron chi connectivity index (χ0n) is 14.7. The molecule has 1 atom stereocenters. The second-order valence-electron chi connectivity index (χ2n) is 5.70. The smallest absolute Gasteiger partial charge is 0.344 e. The van der Waals surface area contributed by atoms with Gasteiger partial charge in [0.2, 0.25) is 5.78 Å². The molecule has 136 valence electrons. The van der Waals surface area contributed by atoms with E-state index in [9.17, 15) is 14.4 Å². The van der Waals surface area contributed by atoms with Crippen LogP contribution in [0.4, 0.5) is 0 Å². The number of carbonyl (C=O) groups is 3. The van der Waals surface area contributed by atoms with Crippen molar-refractivity contribution in [1.82, 2.24) is 0 Å². The van der Waals surface area contributed by atoms with Crippen LogP contribution in [-0.4, -0.2) is 30.4 Å². The molecule has 1 amide bonds. The van der Waals surface area contributed by atoms with Gasteiger partial charge in [0, 0.05) is 5.56 Å². The summed E-state index contributed by atoms with van der Waals surface area (Å²) in [5, 5.41) is 0. The van der Waals surface area contributed by atoms with Crippen LogP contribution in [0, 0.1) is 0 Å². The van der Waals surface area contributed by atoms with Crippen molar-refractivity contribution >= 4 is 17.7 Å². The van der Waals surface area contributed by atoms with E-state index in [0.717, 1.165) is 12.0 Å². The SMILES string of the molecule is CCc1ccc(C(=O)[C@@H](C)OC(=O)COc2ccccc2C(N)=O)cc1. The fraction of sp³-hybridized carbons (Fsp3) is 0.250. The molecule has 0 unspecified atom stereocenters. The molecule has 2 aromatic carbocycles. The Morgan fingerprint density at radius 3 is 2.31 bits per heavy atom. The summed E-state index contributed by atoms with van der Waals surface area (Å²) >= 11 is 0. The largest absolute Gasteiger partial charge is 0.481 e. The van der Waals surface area contributed by atoms with E-state index in [-0.39, 0.29) is 17.1 Å². The Balaban J connectivity index is 1.92. The molecular formula is C20H21NO5. The fourth-order valence-electron chi connectivity index (χ4n) is 2.36. The maximum absolute atomic E-state index is 12.3. The molecule has 2 rings (SSSR count). The lowest BCUT2D eigenvalue weighted by atomic mass is 10.0. The number of carbonyl (C=O) groups excluding carboxylic acids is 3. The summed E-state index contributed by atoms with van der Waals surface area (Å²) in [6.07, 6.45) is -0.0618. The third-order valence-electron chi connectivity index (χ3n) is 3.82. The van der Waals surface area contributed by atoms with Crippen molar-refractivity contribution in [3.8, 4) is 5.75 Å². The van der Waals surface area contributed by atoms with E-state index in [4.69, 9.17) is 15.2 Å². The lowest BCUT2D eigenvalue weighted by Crippen LogP contribution is -2.27. The molecular weight excluding hydrogens is 334 g/mol. The average molecular weight is 355 g/mol. The molecule has 0 saturated heterocycles. The lowest BCUT2D eigenvalue weighted by Gasteiger charge is -2.14. The molecule has 0 aliphatic rings. The van der Waals surface area contributed by atoms with Gasteiger partial charge >= 0.3 is 5.97 Å². The van der Waals surface area contributed by atoms with Crippen molar-refractivity contribution in [1.29, 1.82) is 0 Å². The normalized spacial score (nSPS) is 11.5. The molecule has 0 fully saturated rings. The number of para-hydroxylation sites is 1. The summed E-state index contributed by atoms with van der Waals surface area (Å²) in [6, 6.07) is 13.5. The first kappa shape index (κ1) is 19.2. The van der Waals surface area contributed by atoms with E-state index < -0.39 is 24.6 Å². The summed E-state index contributed by atoms with van der Waals surface area (Å²) < 4.78 is 10.4. The number of Topliss-reactive ketones (excluding diaryl/α,β-unsaturated/α-hetero) is 1. The van der Waals surface area contributed by atoms with Crippen LogP contribution in [0.15, 0.2) is 48.5 Å². The quantitative estimate of drug-likeness (QED) is 0.580. The number of rotatable bonds is 8. The van der Waals surface area contributed by atoms with Crippen LogP contribution in [0.5, 0.6) is 5.75 Å². The van der Waals surface area contributed by atoms with Crippen molar-refractivity contribution in [2.24, 2.45) is 5.73 Å². The van der Waals surface area contributed by atoms with Gasteiger partial charge in [0.15, 0.2) is 12.7 Å². The van der Waals surface area contributed by atoms with E-state index >= 15 is 0 Å².